The van der Waals surface area contributed by atoms with E-state index >= 15 is 0 Å². The number of carbonyl (C=O) groups excluding carboxylic acids is 1. The van der Waals surface area contributed by atoms with Gasteiger partial charge in [0.25, 0.3) is 0 Å². The Bertz CT molecular complexity index is 396. The first-order valence-electron chi connectivity index (χ1n) is 5.78. The smallest absolute Gasteiger partial charge is 0.311 e. The maximum atomic E-state index is 13.4. The first-order valence-corrected chi connectivity index (χ1v) is 5.78. The quantitative estimate of drug-likeness (QED) is 0.447. The van der Waals surface area contributed by atoms with Crippen LogP contribution in [0.25, 0.3) is 0 Å². The monoisotopic (exact) mass is 258 g/mol. The summed E-state index contributed by atoms with van der Waals surface area (Å²) >= 11 is 0. The molecule has 0 saturated carbocycles. The zero-order valence-corrected chi connectivity index (χ0v) is 10.5. The molecule has 0 heterocycles. The predicted molar refractivity (Wildman–Crippen MR) is 62.5 cm³/mol. The molecule has 0 aromatic heterocycles. The van der Waals surface area contributed by atoms with Crippen LogP contribution in [0.1, 0.15) is 25.3 Å². The average Bonchev–Trinajstić information content (AvgIpc) is 2.29. The van der Waals surface area contributed by atoms with Gasteiger partial charge >= 0.3 is 5.97 Å². The van der Waals surface area contributed by atoms with Crippen molar-refractivity contribution >= 4 is 5.97 Å². The number of halogens is 2. The molecule has 0 aliphatic carbocycles. The number of hydrogen-bond acceptors (Lipinski definition) is 3. The molecule has 0 spiro atoms. The van der Waals surface area contributed by atoms with Crippen molar-refractivity contribution in [2.45, 2.75) is 26.7 Å². The summed E-state index contributed by atoms with van der Waals surface area (Å²) < 4.78 is 36.5. The van der Waals surface area contributed by atoms with Crippen molar-refractivity contribution in [1.82, 2.24) is 0 Å². The summed E-state index contributed by atoms with van der Waals surface area (Å²) in [4.78, 5) is 11.4. The van der Waals surface area contributed by atoms with Crippen LogP contribution in [0.4, 0.5) is 8.78 Å². The SMILES string of the molecule is CCOCCCC(=O)Oc1c(F)cc(C)cc1F. The van der Waals surface area contributed by atoms with Gasteiger partial charge in [-0.15, -0.1) is 0 Å². The van der Waals surface area contributed by atoms with Crippen molar-refractivity contribution in [2.24, 2.45) is 0 Å². The lowest BCUT2D eigenvalue weighted by Gasteiger charge is -2.07. The third-order valence-corrected chi connectivity index (χ3v) is 2.23. The molecular weight excluding hydrogens is 242 g/mol. The molecule has 0 amide bonds. The van der Waals surface area contributed by atoms with Crippen LogP contribution in [-0.2, 0) is 9.53 Å². The standard InChI is InChI=1S/C13H16F2O3/c1-3-17-6-4-5-12(16)18-13-10(14)7-9(2)8-11(13)15/h7-8H,3-6H2,1-2H3. The fourth-order valence-electron chi connectivity index (χ4n) is 1.41. The number of carbonyl (C=O) groups is 1. The summed E-state index contributed by atoms with van der Waals surface area (Å²) in [6.45, 7) is 4.38. The van der Waals surface area contributed by atoms with Gasteiger partial charge in [-0.1, -0.05) is 0 Å². The van der Waals surface area contributed by atoms with Gasteiger partial charge in [-0.25, -0.2) is 8.78 Å². The molecule has 5 heteroatoms. The molecule has 100 valence electrons. The first kappa shape index (κ1) is 14.6. The highest BCUT2D eigenvalue weighted by Gasteiger charge is 2.15. The van der Waals surface area contributed by atoms with Gasteiger partial charge in [0.2, 0.25) is 5.75 Å². The van der Waals surface area contributed by atoms with Gasteiger partial charge in [0.1, 0.15) is 0 Å². The molecule has 0 radical (unpaired) electrons. The van der Waals surface area contributed by atoms with Gasteiger partial charge in [-0.05, 0) is 38.0 Å². The Morgan fingerprint density at radius 1 is 1.28 bits per heavy atom. The fraction of sp³-hybridized carbons (Fsp3) is 0.462. The lowest BCUT2D eigenvalue weighted by atomic mass is 10.2. The Balaban J connectivity index is 2.54. The van der Waals surface area contributed by atoms with E-state index in [9.17, 15) is 13.6 Å². The van der Waals surface area contributed by atoms with Crippen LogP contribution in [0.5, 0.6) is 5.75 Å². The van der Waals surface area contributed by atoms with Crippen LogP contribution in [0.3, 0.4) is 0 Å². The molecule has 0 N–H and O–H groups in total. The van der Waals surface area contributed by atoms with Gasteiger partial charge < -0.3 is 9.47 Å². The predicted octanol–water partition coefficient (Wildman–Crippen LogP) is 3.00. The van der Waals surface area contributed by atoms with Gasteiger partial charge in [0.15, 0.2) is 11.6 Å². The minimum absolute atomic E-state index is 0.0623. The number of rotatable bonds is 6. The van der Waals surface area contributed by atoms with Crippen molar-refractivity contribution in [3.63, 3.8) is 0 Å². The van der Waals surface area contributed by atoms with E-state index in [0.717, 1.165) is 12.1 Å². The van der Waals surface area contributed by atoms with E-state index in [-0.39, 0.29) is 6.42 Å². The summed E-state index contributed by atoms with van der Waals surface area (Å²) in [5.74, 6) is -3.05. The molecule has 0 aliphatic heterocycles. The zero-order valence-electron chi connectivity index (χ0n) is 10.5. The minimum Gasteiger partial charge on any atom is -0.420 e. The molecule has 1 aromatic rings. The zero-order chi connectivity index (χ0) is 13.5. The Hall–Kier alpha value is -1.49. The third kappa shape index (κ3) is 4.41. The molecular formula is C13H16F2O3. The summed E-state index contributed by atoms with van der Waals surface area (Å²) in [6.07, 6.45) is 0.522. The molecule has 1 rings (SSSR count). The van der Waals surface area contributed by atoms with E-state index in [1.54, 1.807) is 6.92 Å². The van der Waals surface area contributed by atoms with Gasteiger partial charge in [0, 0.05) is 19.6 Å². The fourth-order valence-corrected chi connectivity index (χ4v) is 1.41. The third-order valence-electron chi connectivity index (χ3n) is 2.23. The van der Waals surface area contributed by atoms with Crippen LogP contribution in [0, 0.1) is 18.6 Å². The van der Waals surface area contributed by atoms with Crippen LogP contribution in [-0.4, -0.2) is 19.2 Å². The van der Waals surface area contributed by atoms with E-state index in [1.165, 1.54) is 0 Å². The molecule has 0 bridgehead atoms. The maximum Gasteiger partial charge on any atom is 0.311 e. The van der Waals surface area contributed by atoms with Gasteiger partial charge in [0.05, 0.1) is 0 Å². The number of aryl methyl sites for hydroxylation is 1. The van der Waals surface area contributed by atoms with Gasteiger partial charge in [-0.2, -0.15) is 0 Å². The highest BCUT2D eigenvalue weighted by molar-refractivity contribution is 5.72. The molecule has 0 atom stereocenters. The number of esters is 1. The van der Waals surface area contributed by atoms with Crippen LogP contribution < -0.4 is 4.74 Å². The maximum absolute atomic E-state index is 13.4. The molecule has 0 saturated heterocycles. The number of hydrogen-bond donors (Lipinski definition) is 0. The van der Waals surface area contributed by atoms with Crippen LogP contribution in [0.2, 0.25) is 0 Å². The summed E-state index contributed by atoms with van der Waals surface area (Å²) in [5, 5.41) is 0. The highest BCUT2D eigenvalue weighted by Crippen LogP contribution is 2.23. The lowest BCUT2D eigenvalue weighted by Crippen LogP contribution is -2.11. The van der Waals surface area contributed by atoms with Crippen molar-refractivity contribution in [3.8, 4) is 5.75 Å². The van der Waals surface area contributed by atoms with E-state index in [0.29, 0.717) is 25.2 Å². The van der Waals surface area contributed by atoms with Crippen LogP contribution in [0.15, 0.2) is 12.1 Å². The molecule has 1 aromatic carbocycles. The second kappa shape index (κ2) is 7.06. The van der Waals surface area contributed by atoms with Crippen molar-refractivity contribution in [2.75, 3.05) is 13.2 Å². The second-order valence-corrected chi connectivity index (χ2v) is 3.83. The van der Waals surface area contributed by atoms with E-state index in [1.807, 2.05) is 6.92 Å². The Morgan fingerprint density at radius 2 is 1.89 bits per heavy atom. The van der Waals surface area contributed by atoms with Crippen molar-refractivity contribution in [1.29, 1.82) is 0 Å². The van der Waals surface area contributed by atoms with Gasteiger partial charge in [-0.3, -0.25) is 4.79 Å². The molecule has 0 fully saturated rings. The van der Waals surface area contributed by atoms with E-state index in [2.05, 4.69) is 4.74 Å². The lowest BCUT2D eigenvalue weighted by molar-refractivity contribution is -0.135. The number of ether oxygens (including phenoxy) is 2. The highest BCUT2D eigenvalue weighted by atomic mass is 19.1. The molecule has 0 aliphatic rings. The summed E-state index contributed by atoms with van der Waals surface area (Å²) in [6, 6.07) is 2.23. The van der Waals surface area contributed by atoms with E-state index in [4.69, 9.17) is 4.74 Å². The summed E-state index contributed by atoms with van der Waals surface area (Å²) in [5.41, 5.74) is 0.432. The minimum atomic E-state index is -0.870. The molecule has 18 heavy (non-hydrogen) atoms. The Kier molecular flexibility index (Phi) is 5.71. The summed E-state index contributed by atoms with van der Waals surface area (Å²) in [7, 11) is 0. The largest absolute Gasteiger partial charge is 0.420 e. The molecule has 3 nitrogen and oxygen atoms in total. The van der Waals surface area contributed by atoms with Crippen LogP contribution >= 0.6 is 0 Å². The van der Waals surface area contributed by atoms with Crippen molar-refractivity contribution in [3.05, 3.63) is 29.3 Å². The first-order chi connectivity index (χ1) is 8.54. The Labute approximate surface area is 105 Å². The normalized spacial score (nSPS) is 10.4. The molecule has 0 unspecified atom stereocenters. The topological polar surface area (TPSA) is 35.5 Å². The second-order valence-electron chi connectivity index (χ2n) is 3.83. The Morgan fingerprint density at radius 3 is 2.44 bits per heavy atom. The number of benzene rings is 1. The average molecular weight is 258 g/mol. The van der Waals surface area contributed by atoms with E-state index < -0.39 is 23.4 Å². The van der Waals surface area contributed by atoms with Crippen molar-refractivity contribution < 1.29 is 23.0 Å².